The summed E-state index contributed by atoms with van der Waals surface area (Å²) in [5.41, 5.74) is 6.43. The summed E-state index contributed by atoms with van der Waals surface area (Å²) in [6, 6.07) is 20.3. The van der Waals surface area contributed by atoms with Crippen LogP contribution in [0.15, 0.2) is 72.8 Å². The molecule has 3 aromatic carbocycles. The van der Waals surface area contributed by atoms with Gasteiger partial charge < -0.3 is 11.1 Å². The first-order chi connectivity index (χ1) is 12.1. The maximum absolute atomic E-state index is 14.8. The number of halogens is 1. The van der Waals surface area contributed by atoms with Gasteiger partial charge in [0.2, 0.25) is 0 Å². The lowest BCUT2D eigenvalue weighted by molar-refractivity contribution is 0.0992. The second-order valence-corrected chi connectivity index (χ2v) is 5.40. The van der Waals surface area contributed by atoms with Crippen LogP contribution < -0.4 is 11.1 Å². The van der Waals surface area contributed by atoms with E-state index >= 15 is 0 Å². The SMILES string of the molecule is NC(=O)c1ccc(-c2ccccc2)c(NC(=O)c2ccccc2)c1F. The lowest BCUT2D eigenvalue weighted by atomic mass is 10.00. The Morgan fingerprint density at radius 1 is 0.840 bits per heavy atom. The molecule has 0 saturated carbocycles. The highest BCUT2D eigenvalue weighted by Crippen LogP contribution is 2.32. The zero-order valence-electron chi connectivity index (χ0n) is 13.2. The van der Waals surface area contributed by atoms with Gasteiger partial charge in [-0.15, -0.1) is 0 Å². The van der Waals surface area contributed by atoms with Crippen molar-refractivity contribution in [2.75, 3.05) is 5.32 Å². The van der Waals surface area contributed by atoms with Gasteiger partial charge in [0.15, 0.2) is 5.82 Å². The van der Waals surface area contributed by atoms with Crippen molar-refractivity contribution in [3.8, 4) is 11.1 Å². The first kappa shape index (κ1) is 16.4. The Balaban J connectivity index is 2.10. The average molecular weight is 334 g/mol. The third kappa shape index (κ3) is 3.40. The number of nitrogens with one attached hydrogen (secondary N) is 1. The fourth-order valence-electron chi connectivity index (χ4n) is 2.52. The van der Waals surface area contributed by atoms with E-state index in [9.17, 15) is 14.0 Å². The van der Waals surface area contributed by atoms with Crippen LogP contribution in [0.5, 0.6) is 0 Å². The molecular formula is C20H15FN2O2. The molecule has 0 aliphatic rings. The molecule has 2 amide bonds. The Hall–Kier alpha value is -3.47. The van der Waals surface area contributed by atoms with Crippen LogP contribution in [0, 0.1) is 5.82 Å². The van der Waals surface area contributed by atoms with E-state index in [0.29, 0.717) is 16.7 Å². The van der Waals surface area contributed by atoms with Crippen LogP contribution >= 0.6 is 0 Å². The van der Waals surface area contributed by atoms with Gasteiger partial charge in [0.1, 0.15) is 0 Å². The van der Waals surface area contributed by atoms with E-state index in [1.807, 2.05) is 6.07 Å². The molecule has 0 spiro atoms. The summed E-state index contributed by atoms with van der Waals surface area (Å²) in [5.74, 6) is -2.22. The van der Waals surface area contributed by atoms with Crippen molar-refractivity contribution in [1.29, 1.82) is 0 Å². The molecule has 0 bridgehead atoms. The molecule has 0 aromatic heterocycles. The van der Waals surface area contributed by atoms with Crippen LogP contribution in [0.2, 0.25) is 0 Å². The molecule has 3 N–H and O–H groups in total. The Bertz CT molecular complexity index is 925. The van der Waals surface area contributed by atoms with Crippen molar-refractivity contribution in [3.05, 3.63) is 89.7 Å². The minimum absolute atomic E-state index is 0.0728. The predicted octanol–water partition coefficient (Wildman–Crippen LogP) is 3.84. The molecule has 5 heteroatoms. The number of carbonyl (C=O) groups excluding carboxylic acids is 2. The number of amides is 2. The molecule has 124 valence electrons. The Morgan fingerprint density at radius 3 is 2.04 bits per heavy atom. The first-order valence-electron chi connectivity index (χ1n) is 7.62. The topological polar surface area (TPSA) is 72.2 Å². The molecular weight excluding hydrogens is 319 g/mol. The summed E-state index contributed by atoms with van der Waals surface area (Å²) in [6.45, 7) is 0. The van der Waals surface area contributed by atoms with E-state index in [1.165, 1.54) is 6.07 Å². The van der Waals surface area contributed by atoms with Crippen molar-refractivity contribution in [1.82, 2.24) is 0 Å². The number of anilines is 1. The number of rotatable bonds is 4. The highest BCUT2D eigenvalue weighted by atomic mass is 19.1. The summed E-state index contributed by atoms with van der Waals surface area (Å²) >= 11 is 0. The van der Waals surface area contributed by atoms with Gasteiger partial charge in [0, 0.05) is 11.1 Å². The summed E-state index contributed by atoms with van der Waals surface area (Å²) in [5, 5.41) is 2.57. The van der Waals surface area contributed by atoms with E-state index in [2.05, 4.69) is 5.32 Å². The van der Waals surface area contributed by atoms with Crippen molar-refractivity contribution < 1.29 is 14.0 Å². The molecule has 0 aliphatic heterocycles. The molecule has 0 unspecified atom stereocenters. The van der Waals surface area contributed by atoms with E-state index < -0.39 is 17.6 Å². The maximum Gasteiger partial charge on any atom is 0.255 e. The van der Waals surface area contributed by atoms with Crippen molar-refractivity contribution in [2.45, 2.75) is 0 Å². The minimum Gasteiger partial charge on any atom is -0.366 e. The standard InChI is InChI=1S/C20H15FN2O2/c21-17-16(19(22)24)12-11-15(13-7-3-1-4-8-13)18(17)23-20(25)14-9-5-2-6-10-14/h1-12H,(H2,22,24)(H,23,25). The van der Waals surface area contributed by atoms with Gasteiger partial charge in [-0.25, -0.2) is 4.39 Å². The zero-order valence-corrected chi connectivity index (χ0v) is 13.2. The van der Waals surface area contributed by atoms with Crippen LogP contribution in [0.1, 0.15) is 20.7 Å². The number of benzene rings is 3. The normalized spacial score (nSPS) is 10.3. The zero-order chi connectivity index (χ0) is 17.8. The summed E-state index contributed by atoms with van der Waals surface area (Å²) in [6.07, 6.45) is 0. The van der Waals surface area contributed by atoms with Crippen LogP contribution in [-0.2, 0) is 0 Å². The molecule has 0 radical (unpaired) electrons. The average Bonchev–Trinajstić information content (AvgIpc) is 2.64. The third-order valence-electron chi connectivity index (χ3n) is 3.77. The fourth-order valence-corrected chi connectivity index (χ4v) is 2.52. The van der Waals surface area contributed by atoms with E-state index in [4.69, 9.17) is 5.73 Å². The molecule has 0 fully saturated rings. The molecule has 0 atom stereocenters. The van der Waals surface area contributed by atoms with Gasteiger partial charge in [-0.3, -0.25) is 9.59 Å². The lowest BCUT2D eigenvalue weighted by Gasteiger charge is -2.14. The van der Waals surface area contributed by atoms with Crippen LogP contribution in [-0.4, -0.2) is 11.8 Å². The lowest BCUT2D eigenvalue weighted by Crippen LogP contribution is -2.18. The van der Waals surface area contributed by atoms with Gasteiger partial charge in [-0.05, 0) is 23.8 Å². The van der Waals surface area contributed by atoms with Crippen LogP contribution in [0.4, 0.5) is 10.1 Å². The highest BCUT2D eigenvalue weighted by Gasteiger charge is 2.20. The smallest absolute Gasteiger partial charge is 0.255 e. The van der Waals surface area contributed by atoms with Gasteiger partial charge in [-0.1, -0.05) is 54.6 Å². The highest BCUT2D eigenvalue weighted by molar-refractivity contribution is 6.07. The van der Waals surface area contributed by atoms with Crippen molar-refractivity contribution in [2.24, 2.45) is 5.73 Å². The van der Waals surface area contributed by atoms with Crippen molar-refractivity contribution >= 4 is 17.5 Å². The van der Waals surface area contributed by atoms with Crippen LogP contribution in [0.25, 0.3) is 11.1 Å². The van der Waals surface area contributed by atoms with Gasteiger partial charge >= 0.3 is 0 Å². The molecule has 0 heterocycles. The van der Waals surface area contributed by atoms with Gasteiger partial charge in [-0.2, -0.15) is 0 Å². The summed E-state index contributed by atoms with van der Waals surface area (Å²) < 4.78 is 14.8. The van der Waals surface area contributed by atoms with E-state index in [0.717, 1.165) is 0 Å². The minimum atomic E-state index is -0.896. The molecule has 3 rings (SSSR count). The monoisotopic (exact) mass is 334 g/mol. The Labute approximate surface area is 144 Å². The number of primary amides is 1. The number of carbonyl (C=O) groups is 2. The van der Waals surface area contributed by atoms with Gasteiger partial charge in [0.25, 0.3) is 11.8 Å². The Morgan fingerprint density at radius 2 is 1.44 bits per heavy atom. The molecule has 0 saturated heterocycles. The van der Waals surface area contributed by atoms with E-state index in [-0.39, 0.29) is 11.3 Å². The molecule has 25 heavy (non-hydrogen) atoms. The molecule has 4 nitrogen and oxygen atoms in total. The Kier molecular flexibility index (Phi) is 4.57. The molecule has 3 aromatic rings. The third-order valence-corrected chi connectivity index (χ3v) is 3.77. The van der Waals surface area contributed by atoms with Gasteiger partial charge in [0.05, 0.1) is 11.3 Å². The number of hydrogen-bond donors (Lipinski definition) is 2. The van der Waals surface area contributed by atoms with Crippen LogP contribution in [0.3, 0.4) is 0 Å². The number of hydrogen-bond acceptors (Lipinski definition) is 2. The molecule has 0 aliphatic carbocycles. The van der Waals surface area contributed by atoms with E-state index in [1.54, 1.807) is 60.7 Å². The van der Waals surface area contributed by atoms with Crippen molar-refractivity contribution in [3.63, 3.8) is 0 Å². The summed E-state index contributed by atoms with van der Waals surface area (Å²) in [4.78, 5) is 23.9. The number of nitrogens with two attached hydrogens (primary N) is 1. The predicted molar refractivity (Wildman–Crippen MR) is 94.7 cm³/mol. The second kappa shape index (κ2) is 6.97. The first-order valence-corrected chi connectivity index (χ1v) is 7.62. The second-order valence-electron chi connectivity index (χ2n) is 5.40. The largest absolute Gasteiger partial charge is 0.366 e. The quantitative estimate of drug-likeness (QED) is 0.761. The fraction of sp³-hybridized carbons (Fsp3) is 0. The maximum atomic E-state index is 14.8. The summed E-state index contributed by atoms with van der Waals surface area (Å²) in [7, 11) is 0.